The molecule has 1 aromatic rings. The van der Waals surface area contributed by atoms with Crippen LogP contribution in [0.15, 0.2) is 18.2 Å². The van der Waals surface area contributed by atoms with Gasteiger partial charge in [-0.25, -0.2) is 0 Å². The van der Waals surface area contributed by atoms with Crippen molar-refractivity contribution in [3.05, 3.63) is 23.8 Å². The first-order valence-corrected chi connectivity index (χ1v) is 7.00. The van der Waals surface area contributed by atoms with Crippen molar-refractivity contribution in [3.63, 3.8) is 0 Å². The number of hydrogen-bond acceptors (Lipinski definition) is 4. The van der Waals surface area contributed by atoms with Crippen LogP contribution in [0.2, 0.25) is 0 Å². The van der Waals surface area contributed by atoms with Crippen LogP contribution in [0.4, 0.5) is 0 Å². The van der Waals surface area contributed by atoms with E-state index < -0.39 is 0 Å². The highest BCUT2D eigenvalue weighted by atomic mass is 32.2. The van der Waals surface area contributed by atoms with E-state index >= 15 is 0 Å². The van der Waals surface area contributed by atoms with E-state index in [2.05, 4.69) is 25.4 Å². The van der Waals surface area contributed by atoms with Crippen LogP contribution in [0, 0.1) is 0 Å². The zero-order valence-corrected chi connectivity index (χ0v) is 11.7. The fourth-order valence-corrected chi connectivity index (χ4v) is 1.77. The van der Waals surface area contributed by atoms with Crippen LogP contribution in [0.1, 0.15) is 25.5 Å². The molecule has 1 rings (SSSR count). The Morgan fingerprint density at radius 1 is 1.41 bits per heavy atom. The number of phenolic OH excluding ortho intramolecular Hbond substituents is 1. The van der Waals surface area contributed by atoms with Crippen molar-refractivity contribution in [2.75, 3.05) is 19.9 Å². The summed E-state index contributed by atoms with van der Waals surface area (Å²) in [7, 11) is 1.56. The van der Waals surface area contributed by atoms with Crippen molar-refractivity contribution in [3.8, 4) is 11.5 Å². The van der Waals surface area contributed by atoms with Gasteiger partial charge in [0.2, 0.25) is 0 Å². The summed E-state index contributed by atoms with van der Waals surface area (Å²) in [5.41, 5.74) is 1.12. The van der Waals surface area contributed by atoms with E-state index in [0.717, 1.165) is 12.1 Å². The number of benzene rings is 1. The molecule has 0 saturated heterocycles. The summed E-state index contributed by atoms with van der Waals surface area (Å²) in [6.45, 7) is 5.27. The molecule has 2 N–H and O–H groups in total. The summed E-state index contributed by atoms with van der Waals surface area (Å²) >= 11 is 1.84. The maximum atomic E-state index is 9.52. The number of thioether (sulfide) groups is 1. The van der Waals surface area contributed by atoms with Crippen LogP contribution < -0.4 is 10.1 Å². The maximum absolute atomic E-state index is 9.52. The summed E-state index contributed by atoms with van der Waals surface area (Å²) in [5, 5.41) is 13.6. The van der Waals surface area contributed by atoms with Gasteiger partial charge in [0.1, 0.15) is 0 Å². The Morgan fingerprint density at radius 2 is 2.12 bits per heavy atom. The van der Waals surface area contributed by atoms with E-state index in [-0.39, 0.29) is 11.8 Å². The zero-order chi connectivity index (χ0) is 12.8. The van der Waals surface area contributed by atoms with Crippen LogP contribution in [-0.2, 0) is 0 Å². The molecule has 0 aliphatic carbocycles. The van der Waals surface area contributed by atoms with Crippen LogP contribution >= 0.6 is 11.8 Å². The predicted molar refractivity (Wildman–Crippen MR) is 74.1 cm³/mol. The van der Waals surface area contributed by atoms with Gasteiger partial charge in [-0.1, -0.05) is 13.0 Å². The largest absolute Gasteiger partial charge is 0.504 e. The highest BCUT2D eigenvalue weighted by Gasteiger charge is 2.09. The van der Waals surface area contributed by atoms with E-state index in [1.54, 1.807) is 13.2 Å². The van der Waals surface area contributed by atoms with Gasteiger partial charge in [-0.05, 0) is 30.9 Å². The lowest BCUT2D eigenvalue weighted by Crippen LogP contribution is -2.25. The summed E-state index contributed by atoms with van der Waals surface area (Å²) in [6, 6.07) is 5.71. The Morgan fingerprint density at radius 3 is 2.71 bits per heavy atom. The first-order chi connectivity index (χ1) is 8.08. The van der Waals surface area contributed by atoms with Gasteiger partial charge in [0, 0.05) is 17.8 Å². The minimum Gasteiger partial charge on any atom is -0.504 e. The summed E-state index contributed by atoms with van der Waals surface area (Å²) in [4.78, 5) is 0. The third kappa shape index (κ3) is 4.13. The minimum absolute atomic E-state index is 0.181. The Bertz CT molecular complexity index is 357. The Kier molecular flexibility index (Phi) is 5.65. The van der Waals surface area contributed by atoms with Crippen LogP contribution in [-0.4, -0.2) is 30.3 Å². The fourth-order valence-electron chi connectivity index (χ4n) is 1.51. The van der Waals surface area contributed by atoms with E-state index in [1.165, 1.54) is 0 Å². The summed E-state index contributed by atoms with van der Waals surface area (Å²) < 4.78 is 5.10. The molecule has 2 unspecified atom stereocenters. The average Bonchev–Trinajstić information content (AvgIpc) is 2.35. The molecule has 0 saturated carbocycles. The zero-order valence-electron chi connectivity index (χ0n) is 10.9. The average molecular weight is 255 g/mol. The number of phenols is 1. The third-order valence-corrected chi connectivity index (χ3v) is 3.79. The lowest BCUT2D eigenvalue weighted by molar-refractivity contribution is 0.372. The standard InChI is InChI=1S/C13H21NO2S/c1-9(17-4)8-14-10(2)11-5-6-12(15)13(7-11)16-3/h5-7,9-10,14-15H,8H2,1-4H3. The van der Waals surface area contributed by atoms with Crippen molar-refractivity contribution in [1.29, 1.82) is 0 Å². The van der Waals surface area contributed by atoms with Crippen molar-refractivity contribution in [2.24, 2.45) is 0 Å². The number of hydrogen-bond donors (Lipinski definition) is 2. The number of aromatic hydroxyl groups is 1. The maximum Gasteiger partial charge on any atom is 0.160 e. The monoisotopic (exact) mass is 255 g/mol. The highest BCUT2D eigenvalue weighted by molar-refractivity contribution is 7.99. The number of rotatable bonds is 6. The SMILES string of the molecule is COc1cc(C(C)NCC(C)SC)ccc1O. The van der Waals surface area contributed by atoms with Crippen molar-refractivity contribution in [1.82, 2.24) is 5.32 Å². The van der Waals surface area contributed by atoms with E-state index in [1.807, 2.05) is 23.9 Å². The topological polar surface area (TPSA) is 41.5 Å². The fraction of sp³-hybridized carbons (Fsp3) is 0.538. The molecule has 0 heterocycles. The summed E-state index contributed by atoms with van der Waals surface area (Å²) in [5.74, 6) is 0.704. The van der Waals surface area contributed by atoms with Gasteiger partial charge >= 0.3 is 0 Å². The quantitative estimate of drug-likeness (QED) is 0.820. The molecule has 0 fully saturated rings. The number of nitrogens with one attached hydrogen (secondary N) is 1. The number of methoxy groups -OCH3 is 1. The lowest BCUT2D eigenvalue weighted by atomic mass is 10.1. The smallest absolute Gasteiger partial charge is 0.160 e. The molecule has 17 heavy (non-hydrogen) atoms. The van der Waals surface area contributed by atoms with Crippen molar-refractivity contribution >= 4 is 11.8 Å². The van der Waals surface area contributed by atoms with Gasteiger partial charge in [-0.3, -0.25) is 0 Å². The molecule has 0 aliphatic heterocycles. The first-order valence-electron chi connectivity index (χ1n) is 5.71. The van der Waals surface area contributed by atoms with Gasteiger partial charge in [-0.2, -0.15) is 11.8 Å². The molecule has 0 spiro atoms. The predicted octanol–water partition coefficient (Wildman–Crippen LogP) is 2.80. The van der Waals surface area contributed by atoms with Crippen molar-refractivity contribution in [2.45, 2.75) is 25.1 Å². The molecule has 0 aromatic heterocycles. The molecule has 96 valence electrons. The first kappa shape index (κ1) is 14.2. The van der Waals surface area contributed by atoms with E-state index in [0.29, 0.717) is 11.0 Å². The Balaban J connectivity index is 2.65. The van der Waals surface area contributed by atoms with Crippen LogP contribution in [0.25, 0.3) is 0 Å². The second-order valence-electron chi connectivity index (χ2n) is 4.11. The lowest BCUT2D eigenvalue weighted by Gasteiger charge is -2.17. The molecule has 3 nitrogen and oxygen atoms in total. The molecule has 0 radical (unpaired) electrons. The number of ether oxygens (including phenoxy) is 1. The molecule has 0 aliphatic rings. The van der Waals surface area contributed by atoms with Gasteiger partial charge in [0.15, 0.2) is 11.5 Å². The highest BCUT2D eigenvalue weighted by Crippen LogP contribution is 2.28. The Labute approximate surface area is 108 Å². The molecular weight excluding hydrogens is 234 g/mol. The molecule has 2 atom stereocenters. The van der Waals surface area contributed by atoms with Gasteiger partial charge in [0.05, 0.1) is 7.11 Å². The molecule has 0 bridgehead atoms. The van der Waals surface area contributed by atoms with E-state index in [4.69, 9.17) is 4.74 Å². The van der Waals surface area contributed by atoms with Gasteiger partial charge in [0.25, 0.3) is 0 Å². The Hall–Kier alpha value is -0.870. The third-order valence-electron chi connectivity index (χ3n) is 2.82. The van der Waals surface area contributed by atoms with Crippen LogP contribution in [0.5, 0.6) is 11.5 Å². The second-order valence-corrected chi connectivity index (χ2v) is 5.38. The van der Waals surface area contributed by atoms with Gasteiger partial charge < -0.3 is 15.2 Å². The summed E-state index contributed by atoms with van der Waals surface area (Å²) in [6.07, 6.45) is 2.11. The van der Waals surface area contributed by atoms with E-state index in [9.17, 15) is 5.11 Å². The molecule has 0 amide bonds. The van der Waals surface area contributed by atoms with Gasteiger partial charge in [-0.15, -0.1) is 0 Å². The molecule has 4 heteroatoms. The normalized spacial score (nSPS) is 14.4. The second kappa shape index (κ2) is 6.77. The van der Waals surface area contributed by atoms with Crippen LogP contribution in [0.3, 0.4) is 0 Å². The molecular formula is C13H21NO2S. The van der Waals surface area contributed by atoms with Crippen molar-refractivity contribution < 1.29 is 9.84 Å². The minimum atomic E-state index is 0.181. The molecule has 1 aromatic carbocycles.